The average Bonchev–Trinajstić information content (AvgIpc) is 2.08. The van der Waals surface area contributed by atoms with Gasteiger partial charge < -0.3 is 10.5 Å². The van der Waals surface area contributed by atoms with E-state index in [1.54, 1.807) is 6.20 Å². The number of nitrogens with two attached hydrogens (primary N) is 1. The quantitative estimate of drug-likeness (QED) is 0.800. The second kappa shape index (κ2) is 4.84. The van der Waals surface area contributed by atoms with Crippen LogP contribution in [0.2, 0.25) is 0 Å². The molecule has 1 aromatic heterocycles. The molecule has 0 aliphatic rings. The summed E-state index contributed by atoms with van der Waals surface area (Å²) >= 11 is 0. The van der Waals surface area contributed by atoms with Crippen molar-refractivity contribution in [3.63, 3.8) is 0 Å². The van der Waals surface area contributed by atoms with Crippen molar-refractivity contribution in [2.75, 3.05) is 12.3 Å². The van der Waals surface area contributed by atoms with E-state index in [0.29, 0.717) is 24.1 Å². The Bertz CT molecular complexity index is 297. The highest BCUT2D eigenvalue weighted by molar-refractivity contribution is 5.49. The topological polar surface area (TPSA) is 48.1 Å². The molecule has 14 heavy (non-hydrogen) atoms. The summed E-state index contributed by atoms with van der Waals surface area (Å²) in [5.74, 6) is 1.19. The van der Waals surface area contributed by atoms with Crippen LogP contribution in [0.1, 0.15) is 25.8 Å². The third-order valence-corrected chi connectivity index (χ3v) is 1.95. The Labute approximate surface area is 85.3 Å². The Kier molecular flexibility index (Phi) is 3.74. The lowest BCUT2D eigenvalue weighted by molar-refractivity contribution is 0.281. The minimum Gasteiger partial charge on any atom is -0.476 e. The lowest BCUT2D eigenvalue weighted by Crippen LogP contribution is -2.05. The molecular weight excluding hydrogens is 176 g/mol. The molecule has 0 radical (unpaired) electrons. The van der Waals surface area contributed by atoms with Gasteiger partial charge in [-0.2, -0.15) is 0 Å². The van der Waals surface area contributed by atoms with E-state index in [-0.39, 0.29) is 0 Å². The van der Waals surface area contributed by atoms with Gasteiger partial charge in [0.1, 0.15) is 0 Å². The number of hydrogen-bond donors (Lipinski definition) is 1. The largest absolute Gasteiger partial charge is 0.476 e. The van der Waals surface area contributed by atoms with Crippen molar-refractivity contribution < 1.29 is 4.74 Å². The van der Waals surface area contributed by atoms with Crippen molar-refractivity contribution in [2.45, 2.75) is 27.2 Å². The molecule has 3 heteroatoms. The molecular formula is C11H18N2O. The summed E-state index contributed by atoms with van der Waals surface area (Å²) in [4.78, 5) is 4.13. The van der Waals surface area contributed by atoms with Crippen molar-refractivity contribution in [2.24, 2.45) is 5.92 Å². The SMILES string of the molecule is Cc1cnc(OCCC(C)C)c(N)c1. The predicted molar refractivity (Wildman–Crippen MR) is 58.3 cm³/mol. The first-order valence-corrected chi connectivity index (χ1v) is 4.94. The predicted octanol–water partition coefficient (Wildman–Crippen LogP) is 2.40. The van der Waals surface area contributed by atoms with Gasteiger partial charge in [0, 0.05) is 6.20 Å². The van der Waals surface area contributed by atoms with Gasteiger partial charge in [0.05, 0.1) is 12.3 Å². The molecule has 1 heterocycles. The number of aryl methyl sites for hydroxylation is 1. The molecule has 0 bridgehead atoms. The highest BCUT2D eigenvalue weighted by Gasteiger charge is 2.02. The molecule has 78 valence electrons. The van der Waals surface area contributed by atoms with E-state index in [4.69, 9.17) is 10.5 Å². The van der Waals surface area contributed by atoms with Crippen molar-refractivity contribution in [1.82, 2.24) is 4.98 Å². The summed E-state index contributed by atoms with van der Waals surface area (Å²) in [7, 11) is 0. The van der Waals surface area contributed by atoms with Crippen molar-refractivity contribution in [3.8, 4) is 5.88 Å². The van der Waals surface area contributed by atoms with Crippen LogP contribution in [0.3, 0.4) is 0 Å². The number of pyridine rings is 1. The van der Waals surface area contributed by atoms with Gasteiger partial charge in [0.15, 0.2) is 0 Å². The van der Waals surface area contributed by atoms with Crippen LogP contribution in [0.5, 0.6) is 5.88 Å². The summed E-state index contributed by atoms with van der Waals surface area (Å²) in [6.45, 7) is 6.96. The average molecular weight is 194 g/mol. The number of ether oxygens (including phenoxy) is 1. The minimum atomic E-state index is 0.552. The molecule has 1 aromatic rings. The fourth-order valence-corrected chi connectivity index (χ4v) is 1.09. The number of aromatic nitrogens is 1. The van der Waals surface area contributed by atoms with Crippen molar-refractivity contribution in [1.29, 1.82) is 0 Å². The number of hydrogen-bond acceptors (Lipinski definition) is 3. The Balaban J connectivity index is 2.51. The molecule has 0 saturated heterocycles. The first-order chi connectivity index (χ1) is 6.59. The Morgan fingerprint density at radius 2 is 2.21 bits per heavy atom. The normalized spacial score (nSPS) is 10.6. The van der Waals surface area contributed by atoms with Crippen LogP contribution in [0, 0.1) is 12.8 Å². The Hall–Kier alpha value is -1.25. The van der Waals surface area contributed by atoms with Crippen molar-refractivity contribution >= 4 is 5.69 Å². The van der Waals surface area contributed by atoms with Gasteiger partial charge in [0.2, 0.25) is 5.88 Å². The van der Waals surface area contributed by atoms with Crippen LogP contribution >= 0.6 is 0 Å². The summed E-state index contributed by atoms with van der Waals surface area (Å²) in [5.41, 5.74) is 7.42. The fraction of sp³-hybridized carbons (Fsp3) is 0.545. The Morgan fingerprint density at radius 1 is 1.50 bits per heavy atom. The second-order valence-corrected chi connectivity index (χ2v) is 3.94. The lowest BCUT2D eigenvalue weighted by Gasteiger charge is -2.09. The van der Waals surface area contributed by atoms with Gasteiger partial charge in [0.25, 0.3) is 0 Å². The second-order valence-electron chi connectivity index (χ2n) is 3.94. The van der Waals surface area contributed by atoms with E-state index in [1.807, 2.05) is 13.0 Å². The van der Waals surface area contributed by atoms with Gasteiger partial charge in [-0.25, -0.2) is 4.98 Å². The monoisotopic (exact) mass is 194 g/mol. The number of rotatable bonds is 4. The van der Waals surface area contributed by atoms with Gasteiger partial charge in [-0.3, -0.25) is 0 Å². The van der Waals surface area contributed by atoms with Crippen LogP contribution in [-0.4, -0.2) is 11.6 Å². The third kappa shape index (κ3) is 3.24. The highest BCUT2D eigenvalue weighted by Crippen LogP contribution is 2.18. The van der Waals surface area contributed by atoms with E-state index in [0.717, 1.165) is 12.0 Å². The van der Waals surface area contributed by atoms with E-state index in [9.17, 15) is 0 Å². The highest BCUT2D eigenvalue weighted by atomic mass is 16.5. The standard InChI is InChI=1S/C11H18N2O/c1-8(2)4-5-14-11-10(12)6-9(3)7-13-11/h6-8H,4-5,12H2,1-3H3. The maximum absolute atomic E-state index is 5.75. The summed E-state index contributed by atoms with van der Waals surface area (Å²) in [6, 6.07) is 1.87. The molecule has 0 aliphatic carbocycles. The molecule has 0 aromatic carbocycles. The van der Waals surface area contributed by atoms with E-state index >= 15 is 0 Å². The molecule has 3 nitrogen and oxygen atoms in total. The molecule has 2 N–H and O–H groups in total. The molecule has 0 saturated carbocycles. The molecule has 0 aliphatic heterocycles. The zero-order valence-electron chi connectivity index (χ0n) is 9.08. The zero-order chi connectivity index (χ0) is 10.6. The summed E-state index contributed by atoms with van der Waals surface area (Å²) in [6.07, 6.45) is 2.79. The third-order valence-electron chi connectivity index (χ3n) is 1.95. The van der Waals surface area contributed by atoms with Gasteiger partial charge in [-0.05, 0) is 30.9 Å². The summed E-state index contributed by atoms with van der Waals surface area (Å²) in [5, 5.41) is 0. The molecule has 0 spiro atoms. The first kappa shape index (κ1) is 10.8. The van der Waals surface area contributed by atoms with Crippen LogP contribution in [0.15, 0.2) is 12.3 Å². The maximum Gasteiger partial charge on any atom is 0.237 e. The van der Waals surface area contributed by atoms with E-state index in [2.05, 4.69) is 18.8 Å². The van der Waals surface area contributed by atoms with Gasteiger partial charge >= 0.3 is 0 Å². The van der Waals surface area contributed by atoms with Crippen LogP contribution in [0.25, 0.3) is 0 Å². The fourth-order valence-electron chi connectivity index (χ4n) is 1.09. The van der Waals surface area contributed by atoms with Crippen LogP contribution in [-0.2, 0) is 0 Å². The number of nitrogens with zero attached hydrogens (tertiary/aromatic N) is 1. The van der Waals surface area contributed by atoms with Crippen LogP contribution in [0.4, 0.5) is 5.69 Å². The number of nitrogen functional groups attached to an aromatic ring is 1. The molecule has 0 fully saturated rings. The van der Waals surface area contributed by atoms with Gasteiger partial charge in [-0.1, -0.05) is 13.8 Å². The van der Waals surface area contributed by atoms with Crippen molar-refractivity contribution in [3.05, 3.63) is 17.8 Å². The summed E-state index contributed by atoms with van der Waals surface area (Å²) < 4.78 is 5.47. The molecule has 0 atom stereocenters. The van der Waals surface area contributed by atoms with E-state index < -0.39 is 0 Å². The molecule has 0 unspecified atom stereocenters. The Morgan fingerprint density at radius 3 is 2.79 bits per heavy atom. The van der Waals surface area contributed by atoms with Crippen LogP contribution < -0.4 is 10.5 Å². The smallest absolute Gasteiger partial charge is 0.237 e. The maximum atomic E-state index is 5.75. The molecule has 1 rings (SSSR count). The van der Waals surface area contributed by atoms with E-state index in [1.165, 1.54) is 0 Å². The number of anilines is 1. The first-order valence-electron chi connectivity index (χ1n) is 4.94. The molecule has 0 amide bonds. The lowest BCUT2D eigenvalue weighted by atomic mass is 10.1. The minimum absolute atomic E-state index is 0.552. The van der Waals surface area contributed by atoms with Gasteiger partial charge in [-0.15, -0.1) is 0 Å². The zero-order valence-corrected chi connectivity index (χ0v) is 9.08.